The van der Waals surface area contributed by atoms with E-state index in [0.29, 0.717) is 18.7 Å². The van der Waals surface area contributed by atoms with Crippen molar-refractivity contribution in [2.75, 3.05) is 33.7 Å². The van der Waals surface area contributed by atoms with E-state index in [1.165, 1.54) is 0 Å². The number of halogens is 3. The summed E-state index contributed by atoms with van der Waals surface area (Å²) in [4.78, 5) is 25.6. The first-order valence-corrected chi connectivity index (χ1v) is 6.40. The molecule has 8 heteroatoms. The highest BCUT2D eigenvalue weighted by Gasteiger charge is 2.23. The van der Waals surface area contributed by atoms with E-state index in [4.69, 9.17) is 16.7 Å². The van der Waals surface area contributed by atoms with E-state index in [0.717, 1.165) is 4.90 Å². The molecule has 1 amide bonds. The van der Waals surface area contributed by atoms with Crippen LogP contribution in [0.1, 0.15) is 10.4 Å². The lowest BCUT2D eigenvalue weighted by molar-refractivity contribution is -0.137. The third-order valence-electron chi connectivity index (χ3n) is 2.67. The van der Waals surface area contributed by atoms with Crippen LogP contribution in [0.5, 0.6) is 0 Å². The van der Waals surface area contributed by atoms with Gasteiger partial charge in [-0.3, -0.25) is 9.59 Å². The van der Waals surface area contributed by atoms with Crippen molar-refractivity contribution >= 4 is 23.5 Å². The normalized spacial score (nSPS) is 10.8. The summed E-state index contributed by atoms with van der Waals surface area (Å²) in [5.74, 6) is -4.07. The van der Waals surface area contributed by atoms with Crippen molar-refractivity contribution in [1.82, 2.24) is 9.80 Å². The summed E-state index contributed by atoms with van der Waals surface area (Å²) in [7, 11) is 3.48. The zero-order valence-electron chi connectivity index (χ0n) is 11.6. The molecular weight excluding hydrogens is 306 g/mol. The number of nitrogens with zero attached hydrogens (tertiary/aromatic N) is 2. The fraction of sp³-hybridized carbons (Fsp3) is 0.385. The Morgan fingerprint density at radius 3 is 2.33 bits per heavy atom. The number of benzene rings is 1. The van der Waals surface area contributed by atoms with Gasteiger partial charge in [0.15, 0.2) is 0 Å². The number of hydrogen-bond acceptors (Lipinski definition) is 3. The minimum atomic E-state index is -1.24. The van der Waals surface area contributed by atoms with Gasteiger partial charge in [-0.1, -0.05) is 11.6 Å². The average molecular weight is 321 g/mol. The molecule has 1 aromatic carbocycles. The number of rotatable bonds is 6. The second kappa shape index (κ2) is 7.33. The quantitative estimate of drug-likeness (QED) is 0.811. The Hall–Kier alpha value is -1.73. The van der Waals surface area contributed by atoms with Gasteiger partial charge in [0.1, 0.15) is 18.2 Å². The number of carbonyl (C=O) groups is 2. The number of carboxylic acids is 1. The zero-order chi connectivity index (χ0) is 16.2. The summed E-state index contributed by atoms with van der Waals surface area (Å²) in [6.45, 7) is -0.144. The van der Waals surface area contributed by atoms with Crippen molar-refractivity contribution in [2.24, 2.45) is 0 Å². The van der Waals surface area contributed by atoms with Gasteiger partial charge in [-0.2, -0.15) is 0 Å². The molecule has 21 heavy (non-hydrogen) atoms. The second-order valence-corrected chi connectivity index (χ2v) is 5.08. The van der Waals surface area contributed by atoms with Gasteiger partial charge in [0.25, 0.3) is 5.91 Å². The van der Waals surface area contributed by atoms with E-state index in [2.05, 4.69) is 0 Å². The summed E-state index contributed by atoms with van der Waals surface area (Å²) in [5, 5.41) is 8.37. The van der Waals surface area contributed by atoms with Gasteiger partial charge < -0.3 is 14.9 Å². The average Bonchev–Trinajstić information content (AvgIpc) is 2.37. The van der Waals surface area contributed by atoms with Crippen LogP contribution in [0.4, 0.5) is 8.78 Å². The maximum absolute atomic E-state index is 13.7. The standard InChI is InChI=1S/C13H15ClF2N2O3/c1-17(2)3-4-18(7-12(19)20)13(21)8-5-11(16)9(14)6-10(8)15/h5-6H,3-4,7H2,1-2H3,(H,19,20). The molecule has 1 N–H and O–H groups in total. The highest BCUT2D eigenvalue weighted by molar-refractivity contribution is 6.30. The zero-order valence-corrected chi connectivity index (χ0v) is 12.3. The number of hydrogen-bond donors (Lipinski definition) is 1. The van der Waals surface area contributed by atoms with Crippen molar-refractivity contribution in [3.63, 3.8) is 0 Å². The first-order valence-electron chi connectivity index (χ1n) is 6.02. The molecule has 0 unspecified atom stereocenters. The van der Waals surface area contributed by atoms with E-state index < -0.39 is 40.6 Å². The minimum Gasteiger partial charge on any atom is -0.480 e. The SMILES string of the molecule is CN(C)CCN(CC(=O)O)C(=O)c1cc(F)c(Cl)cc1F. The summed E-state index contributed by atoms with van der Waals surface area (Å²) in [5.41, 5.74) is -0.545. The van der Waals surface area contributed by atoms with E-state index in [1.807, 2.05) is 0 Å². The molecule has 0 radical (unpaired) electrons. The van der Waals surface area contributed by atoms with Gasteiger partial charge in [0.05, 0.1) is 10.6 Å². The Morgan fingerprint density at radius 2 is 1.81 bits per heavy atom. The van der Waals surface area contributed by atoms with E-state index in [-0.39, 0.29) is 6.54 Å². The highest BCUT2D eigenvalue weighted by atomic mass is 35.5. The molecule has 0 fully saturated rings. The first-order chi connectivity index (χ1) is 9.72. The van der Waals surface area contributed by atoms with Crippen LogP contribution >= 0.6 is 11.6 Å². The van der Waals surface area contributed by atoms with Crippen LogP contribution in [0.2, 0.25) is 5.02 Å². The summed E-state index contributed by atoms with van der Waals surface area (Å²) < 4.78 is 27.1. The third kappa shape index (κ3) is 4.95. The van der Waals surface area contributed by atoms with Crippen LogP contribution in [0.25, 0.3) is 0 Å². The Balaban J connectivity index is 3.04. The molecular formula is C13H15ClF2N2O3. The fourth-order valence-electron chi connectivity index (χ4n) is 1.59. The molecule has 0 spiro atoms. The Kier molecular flexibility index (Phi) is 6.04. The van der Waals surface area contributed by atoms with Gasteiger partial charge in [-0.25, -0.2) is 8.78 Å². The van der Waals surface area contributed by atoms with Crippen LogP contribution in [0.3, 0.4) is 0 Å². The van der Waals surface area contributed by atoms with Crippen molar-refractivity contribution in [3.05, 3.63) is 34.4 Å². The van der Waals surface area contributed by atoms with Crippen LogP contribution in [0, 0.1) is 11.6 Å². The molecule has 0 aliphatic heterocycles. The van der Waals surface area contributed by atoms with Gasteiger partial charge in [-0.15, -0.1) is 0 Å². The van der Waals surface area contributed by atoms with E-state index >= 15 is 0 Å². The van der Waals surface area contributed by atoms with Gasteiger partial charge >= 0.3 is 5.97 Å². The summed E-state index contributed by atoms with van der Waals surface area (Å²) in [6.07, 6.45) is 0. The largest absolute Gasteiger partial charge is 0.480 e. The smallest absolute Gasteiger partial charge is 0.323 e. The first kappa shape index (κ1) is 17.3. The lowest BCUT2D eigenvalue weighted by atomic mass is 10.1. The Bertz CT molecular complexity index is 552. The van der Waals surface area contributed by atoms with E-state index in [1.54, 1.807) is 19.0 Å². The number of carboxylic acid groups (broad SMARTS) is 1. The predicted octanol–water partition coefficient (Wildman–Crippen LogP) is 1.71. The molecule has 0 aromatic heterocycles. The van der Waals surface area contributed by atoms with Crippen LogP contribution in [0.15, 0.2) is 12.1 Å². The third-order valence-corrected chi connectivity index (χ3v) is 2.96. The lowest BCUT2D eigenvalue weighted by Crippen LogP contribution is -2.40. The van der Waals surface area contributed by atoms with Crippen molar-refractivity contribution in [2.45, 2.75) is 0 Å². The monoisotopic (exact) mass is 320 g/mol. The molecule has 0 heterocycles. The molecule has 0 saturated carbocycles. The second-order valence-electron chi connectivity index (χ2n) is 4.67. The molecule has 0 saturated heterocycles. The lowest BCUT2D eigenvalue weighted by Gasteiger charge is -2.23. The van der Waals surface area contributed by atoms with Crippen molar-refractivity contribution in [3.8, 4) is 0 Å². The molecule has 0 aliphatic carbocycles. The van der Waals surface area contributed by atoms with Gasteiger partial charge in [-0.05, 0) is 26.2 Å². The number of aliphatic carboxylic acids is 1. The molecule has 0 bridgehead atoms. The Labute approximate surface area is 125 Å². The maximum atomic E-state index is 13.7. The molecule has 1 rings (SSSR count). The molecule has 116 valence electrons. The topological polar surface area (TPSA) is 60.9 Å². The summed E-state index contributed by atoms with van der Waals surface area (Å²) in [6, 6.07) is 1.36. The van der Waals surface area contributed by atoms with Crippen molar-refractivity contribution in [1.29, 1.82) is 0 Å². The number of carbonyl (C=O) groups excluding carboxylic acids is 1. The maximum Gasteiger partial charge on any atom is 0.323 e. The van der Waals surface area contributed by atoms with Crippen molar-refractivity contribution < 1.29 is 23.5 Å². The molecule has 1 aromatic rings. The number of amides is 1. The van der Waals surface area contributed by atoms with E-state index in [9.17, 15) is 18.4 Å². The minimum absolute atomic E-state index is 0.0712. The fourth-order valence-corrected chi connectivity index (χ4v) is 1.74. The number of likely N-dealkylation sites (N-methyl/N-ethyl adjacent to an activating group) is 1. The molecule has 0 aliphatic rings. The predicted molar refractivity (Wildman–Crippen MR) is 73.5 cm³/mol. The Morgan fingerprint density at radius 1 is 1.19 bits per heavy atom. The van der Waals surface area contributed by atoms with Crippen LogP contribution in [-0.4, -0.2) is 60.5 Å². The highest BCUT2D eigenvalue weighted by Crippen LogP contribution is 2.20. The molecule has 5 nitrogen and oxygen atoms in total. The van der Waals surface area contributed by atoms with Gasteiger partial charge in [0, 0.05) is 13.1 Å². The summed E-state index contributed by atoms with van der Waals surface area (Å²) >= 11 is 5.42. The van der Waals surface area contributed by atoms with Gasteiger partial charge in [0.2, 0.25) is 0 Å². The molecule has 0 atom stereocenters. The van der Waals surface area contributed by atoms with Crippen LogP contribution in [-0.2, 0) is 4.79 Å². The van der Waals surface area contributed by atoms with Crippen LogP contribution < -0.4 is 0 Å².